The van der Waals surface area contributed by atoms with Crippen molar-refractivity contribution in [2.24, 2.45) is 16.6 Å². The van der Waals surface area contributed by atoms with Crippen molar-refractivity contribution in [3.05, 3.63) is 0 Å². The number of ether oxygens (including phenoxy) is 1. The van der Waals surface area contributed by atoms with E-state index in [0.29, 0.717) is 24.9 Å². The Bertz CT molecular complexity index is 265. The van der Waals surface area contributed by atoms with Crippen LogP contribution in [0.2, 0.25) is 0 Å². The zero-order valence-electron chi connectivity index (χ0n) is 12.6. The first kappa shape index (κ1) is 17.7. The summed E-state index contributed by atoms with van der Waals surface area (Å²) in [6.07, 6.45) is 4.60. The molecule has 0 aliphatic rings. The number of rotatable bonds is 10. The topological polar surface area (TPSA) is 76.7 Å². The molecule has 0 saturated carbocycles. The number of nitrogens with one attached hydrogen (secondary N) is 1. The molecular weight excluding hydrogens is 242 g/mol. The van der Waals surface area contributed by atoms with E-state index in [1.54, 1.807) is 0 Å². The molecule has 0 aromatic heterocycles. The molecule has 0 radical (unpaired) electrons. The summed E-state index contributed by atoms with van der Waals surface area (Å²) in [6, 6.07) is 0. The number of carbonyl (C=O) groups is 1. The molecule has 0 saturated heterocycles. The second-order valence-corrected chi connectivity index (χ2v) is 5.02. The number of aliphatic imine (C=N–C) groups is 1. The smallest absolute Gasteiger partial charge is 0.305 e. The molecule has 5 nitrogen and oxygen atoms in total. The van der Waals surface area contributed by atoms with Crippen LogP contribution in [0.25, 0.3) is 0 Å². The van der Waals surface area contributed by atoms with Crippen LogP contribution in [-0.4, -0.2) is 31.6 Å². The van der Waals surface area contributed by atoms with Crippen molar-refractivity contribution in [3.63, 3.8) is 0 Å². The molecule has 19 heavy (non-hydrogen) atoms. The zero-order valence-corrected chi connectivity index (χ0v) is 12.6. The second-order valence-electron chi connectivity index (χ2n) is 5.02. The van der Waals surface area contributed by atoms with Crippen LogP contribution in [0.1, 0.15) is 52.9 Å². The Hall–Kier alpha value is -1.26. The molecule has 0 atom stereocenters. The Balaban J connectivity index is 3.36. The fourth-order valence-corrected chi connectivity index (χ4v) is 1.53. The normalized spacial score (nSPS) is 11.7. The van der Waals surface area contributed by atoms with E-state index >= 15 is 0 Å². The molecule has 0 bridgehead atoms. The molecule has 0 amide bonds. The lowest BCUT2D eigenvalue weighted by atomic mass is 10.1. The Kier molecular flexibility index (Phi) is 11.0. The van der Waals surface area contributed by atoms with Gasteiger partial charge in [0.2, 0.25) is 0 Å². The molecule has 5 heteroatoms. The summed E-state index contributed by atoms with van der Waals surface area (Å²) in [5.41, 5.74) is 5.71. The van der Waals surface area contributed by atoms with Gasteiger partial charge in [-0.3, -0.25) is 9.79 Å². The summed E-state index contributed by atoms with van der Waals surface area (Å²) >= 11 is 0. The monoisotopic (exact) mass is 271 g/mol. The maximum absolute atomic E-state index is 11.1. The van der Waals surface area contributed by atoms with E-state index in [1.165, 1.54) is 0 Å². The van der Waals surface area contributed by atoms with Gasteiger partial charge in [-0.1, -0.05) is 26.7 Å². The SMILES string of the molecule is CCOC(=O)CCCCCCNC(N)=NCC(C)C. The van der Waals surface area contributed by atoms with Crippen LogP contribution in [0.5, 0.6) is 0 Å². The molecule has 0 fully saturated rings. The molecule has 0 aliphatic heterocycles. The molecular formula is C14H29N3O2. The average Bonchev–Trinajstić information content (AvgIpc) is 2.35. The van der Waals surface area contributed by atoms with Crippen molar-refractivity contribution in [1.29, 1.82) is 0 Å². The minimum Gasteiger partial charge on any atom is -0.466 e. The number of hydrogen-bond donors (Lipinski definition) is 2. The maximum Gasteiger partial charge on any atom is 0.305 e. The van der Waals surface area contributed by atoms with Crippen LogP contribution in [0, 0.1) is 5.92 Å². The van der Waals surface area contributed by atoms with Gasteiger partial charge in [0, 0.05) is 19.5 Å². The van der Waals surface area contributed by atoms with Gasteiger partial charge < -0.3 is 15.8 Å². The van der Waals surface area contributed by atoms with Gasteiger partial charge in [0.1, 0.15) is 0 Å². The lowest BCUT2D eigenvalue weighted by Crippen LogP contribution is -2.32. The minimum atomic E-state index is -0.0920. The fraction of sp³-hybridized carbons (Fsp3) is 0.857. The van der Waals surface area contributed by atoms with Gasteiger partial charge >= 0.3 is 5.97 Å². The van der Waals surface area contributed by atoms with Gasteiger partial charge in [-0.05, 0) is 25.7 Å². The molecule has 112 valence electrons. The van der Waals surface area contributed by atoms with E-state index in [1.807, 2.05) is 6.92 Å². The van der Waals surface area contributed by atoms with E-state index < -0.39 is 0 Å². The number of nitrogens with two attached hydrogens (primary N) is 1. The zero-order chi connectivity index (χ0) is 14.5. The van der Waals surface area contributed by atoms with Crippen LogP contribution in [0.4, 0.5) is 0 Å². The summed E-state index contributed by atoms with van der Waals surface area (Å²) in [6.45, 7) is 8.12. The van der Waals surface area contributed by atoms with Crippen LogP contribution in [0.3, 0.4) is 0 Å². The highest BCUT2D eigenvalue weighted by Gasteiger charge is 2.00. The van der Waals surface area contributed by atoms with Crippen molar-refractivity contribution in [3.8, 4) is 0 Å². The molecule has 0 rings (SSSR count). The van der Waals surface area contributed by atoms with E-state index in [-0.39, 0.29) is 5.97 Å². The van der Waals surface area contributed by atoms with Crippen molar-refractivity contribution < 1.29 is 9.53 Å². The third-order valence-electron chi connectivity index (χ3n) is 2.55. The van der Waals surface area contributed by atoms with Crippen molar-refractivity contribution in [1.82, 2.24) is 5.32 Å². The van der Waals surface area contributed by atoms with E-state index in [4.69, 9.17) is 10.5 Å². The first-order valence-corrected chi connectivity index (χ1v) is 7.25. The van der Waals surface area contributed by atoms with Crippen LogP contribution in [-0.2, 0) is 9.53 Å². The van der Waals surface area contributed by atoms with E-state index in [9.17, 15) is 4.79 Å². The highest BCUT2D eigenvalue weighted by Crippen LogP contribution is 2.03. The Morgan fingerprint density at radius 1 is 1.26 bits per heavy atom. The molecule has 0 aromatic rings. The highest BCUT2D eigenvalue weighted by atomic mass is 16.5. The molecule has 0 heterocycles. The Labute approximate surface area is 117 Å². The first-order valence-electron chi connectivity index (χ1n) is 7.25. The summed E-state index contributed by atoms with van der Waals surface area (Å²) in [5, 5.41) is 3.09. The summed E-state index contributed by atoms with van der Waals surface area (Å²) in [5.74, 6) is 0.967. The quantitative estimate of drug-likeness (QED) is 0.276. The highest BCUT2D eigenvalue weighted by molar-refractivity contribution is 5.77. The standard InChI is InChI=1S/C14H29N3O2/c1-4-19-13(18)9-7-5-6-8-10-16-14(15)17-11-12(2)3/h12H,4-11H2,1-3H3,(H3,15,16,17). The predicted octanol–water partition coefficient (Wildman–Crippen LogP) is 2.06. The molecule has 0 aliphatic carbocycles. The summed E-state index contributed by atoms with van der Waals surface area (Å²) in [4.78, 5) is 15.3. The van der Waals surface area contributed by atoms with Crippen molar-refractivity contribution >= 4 is 11.9 Å². The number of carbonyl (C=O) groups excluding carboxylic acids is 1. The van der Waals surface area contributed by atoms with Gasteiger partial charge in [0.05, 0.1) is 6.61 Å². The number of unbranched alkanes of at least 4 members (excludes halogenated alkanes) is 3. The number of esters is 1. The molecule has 3 N–H and O–H groups in total. The van der Waals surface area contributed by atoms with Gasteiger partial charge in [0.15, 0.2) is 5.96 Å². The number of hydrogen-bond acceptors (Lipinski definition) is 3. The summed E-state index contributed by atoms with van der Waals surface area (Å²) in [7, 11) is 0. The van der Waals surface area contributed by atoms with Gasteiger partial charge in [0.25, 0.3) is 0 Å². The number of guanidine groups is 1. The Morgan fingerprint density at radius 3 is 2.58 bits per heavy atom. The van der Waals surface area contributed by atoms with Crippen LogP contribution in [0.15, 0.2) is 4.99 Å². The second kappa shape index (κ2) is 11.8. The van der Waals surface area contributed by atoms with E-state index in [0.717, 1.165) is 38.8 Å². The van der Waals surface area contributed by atoms with Gasteiger partial charge in [-0.25, -0.2) is 0 Å². The lowest BCUT2D eigenvalue weighted by Gasteiger charge is -2.06. The van der Waals surface area contributed by atoms with Crippen LogP contribution >= 0.6 is 0 Å². The largest absolute Gasteiger partial charge is 0.466 e. The van der Waals surface area contributed by atoms with Crippen molar-refractivity contribution in [2.75, 3.05) is 19.7 Å². The fourth-order valence-electron chi connectivity index (χ4n) is 1.53. The van der Waals surface area contributed by atoms with Gasteiger partial charge in [-0.15, -0.1) is 0 Å². The predicted molar refractivity (Wildman–Crippen MR) is 79.0 cm³/mol. The third kappa shape index (κ3) is 13.0. The maximum atomic E-state index is 11.1. The first-order chi connectivity index (χ1) is 9.06. The lowest BCUT2D eigenvalue weighted by molar-refractivity contribution is -0.143. The molecule has 0 unspecified atom stereocenters. The average molecular weight is 271 g/mol. The molecule has 0 spiro atoms. The third-order valence-corrected chi connectivity index (χ3v) is 2.55. The van der Waals surface area contributed by atoms with Gasteiger partial charge in [-0.2, -0.15) is 0 Å². The Morgan fingerprint density at radius 2 is 1.95 bits per heavy atom. The molecule has 0 aromatic carbocycles. The van der Waals surface area contributed by atoms with Crippen molar-refractivity contribution in [2.45, 2.75) is 52.9 Å². The minimum absolute atomic E-state index is 0.0920. The summed E-state index contributed by atoms with van der Waals surface area (Å²) < 4.78 is 4.86. The van der Waals surface area contributed by atoms with Crippen LogP contribution < -0.4 is 11.1 Å². The number of nitrogens with zero attached hydrogens (tertiary/aromatic N) is 1. The van der Waals surface area contributed by atoms with E-state index in [2.05, 4.69) is 24.2 Å².